The number of carbonyl (C=O) groups excluding carboxylic acids is 1. The predicted octanol–water partition coefficient (Wildman–Crippen LogP) is 1.93. The van der Waals surface area contributed by atoms with Crippen molar-refractivity contribution in [2.75, 3.05) is 26.3 Å². The molecule has 5 heteroatoms. The van der Waals surface area contributed by atoms with Gasteiger partial charge in [-0.3, -0.25) is 4.79 Å². The van der Waals surface area contributed by atoms with Crippen LogP contribution in [0.4, 0.5) is 0 Å². The van der Waals surface area contributed by atoms with Gasteiger partial charge in [-0.1, -0.05) is 18.2 Å². The van der Waals surface area contributed by atoms with E-state index in [2.05, 4.69) is 4.98 Å². The summed E-state index contributed by atoms with van der Waals surface area (Å²) in [5.74, 6) is -0.230. The largest absolute Gasteiger partial charge is 0.378 e. The lowest BCUT2D eigenvalue weighted by Crippen LogP contribution is -2.41. The first-order chi connectivity index (χ1) is 10.3. The van der Waals surface area contributed by atoms with Crippen LogP contribution in [0.1, 0.15) is 5.56 Å². The highest BCUT2D eigenvalue weighted by atomic mass is 16.5. The second-order valence-electron chi connectivity index (χ2n) is 4.86. The van der Waals surface area contributed by atoms with Crippen LogP contribution in [0.5, 0.6) is 0 Å². The number of aromatic amines is 1. The van der Waals surface area contributed by atoms with Crippen LogP contribution in [-0.2, 0) is 9.53 Å². The Morgan fingerprint density at radius 1 is 1.33 bits per heavy atom. The van der Waals surface area contributed by atoms with E-state index in [1.807, 2.05) is 36.5 Å². The monoisotopic (exact) mass is 281 g/mol. The van der Waals surface area contributed by atoms with E-state index in [-0.39, 0.29) is 11.5 Å². The van der Waals surface area contributed by atoms with Crippen molar-refractivity contribution >= 4 is 22.9 Å². The normalized spacial score (nSPS) is 16.0. The van der Waals surface area contributed by atoms with Crippen molar-refractivity contribution in [2.24, 2.45) is 0 Å². The Labute approximate surface area is 122 Å². The second kappa shape index (κ2) is 5.81. The average Bonchev–Trinajstić information content (AvgIpc) is 2.96. The Bertz CT molecular complexity index is 733. The molecule has 1 aliphatic rings. The molecule has 21 heavy (non-hydrogen) atoms. The van der Waals surface area contributed by atoms with Crippen LogP contribution in [-0.4, -0.2) is 42.1 Å². The number of carbonyl (C=O) groups is 1. The number of nitriles is 1. The summed E-state index contributed by atoms with van der Waals surface area (Å²) < 4.78 is 5.23. The Kier molecular flexibility index (Phi) is 3.71. The lowest BCUT2D eigenvalue weighted by atomic mass is 10.1. The summed E-state index contributed by atoms with van der Waals surface area (Å²) in [5, 5.41) is 10.3. The molecule has 1 saturated heterocycles. The first-order valence-electron chi connectivity index (χ1n) is 6.84. The third-order valence-corrected chi connectivity index (χ3v) is 3.57. The van der Waals surface area contributed by atoms with Gasteiger partial charge in [-0.2, -0.15) is 5.26 Å². The van der Waals surface area contributed by atoms with Gasteiger partial charge in [0.05, 0.1) is 13.2 Å². The molecule has 0 radical (unpaired) electrons. The van der Waals surface area contributed by atoms with Gasteiger partial charge in [0.25, 0.3) is 5.91 Å². The number of nitrogens with zero attached hydrogens (tertiary/aromatic N) is 2. The molecule has 1 N–H and O–H groups in total. The van der Waals surface area contributed by atoms with Crippen molar-refractivity contribution in [3.8, 4) is 6.07 Å². The van der Waals surface area contributed by atoms with Crippen molar-refractivity contribution in [3.05, 3.63) is 41.6 Å². The van der Waals surface area contributed by atoms with E-state index in [9.17, 15) is 10.1 Å². The predicted molar refractivity (Wildman–Crippen MR) is 79.3 cm³/mol. The molecule has 0 unspecified atom stereocenters. The number of hydrogen-bond acceptors (Lipinski definition) is 3. The number of aromatic nitrogens is 1. The lowest BCUT2D eigenvalue weighted by molar-refractivity contribution is -0.130. The highest BCUT2D eigenvalue weighted by Gasteiger charge is 2.20. The van der Waals surface area contributed by atoms with E-state index in [1.54, 1.807) is 11.0 Å². The maximum atomic E-state index is 12.4. The molecule has 0 atom stereocenters. The zero-order valence-electron chi connectivity index (χ0n) is 11.5. The van der Waals surface area contributed by atoms with Gasteiger partial charge < -0.3 is 14.6 Å². The quantitative estimate of drug-likeness (QED) is 0.675. The third-order valence-electron chi connectivity index (χ3n) is 3.57. The molecule has 1 aromatic heterocycles. The second-order valence-corrected chi connectivity index (χ2v) is 4.86. The molecule has 0 bridgehead atoms. The summed E-state index contributed by atoms with van der Waals surface area (Å²) in [5.41, 5.74) is 1.99. The van der Waals surface area contributed by atoms with Crippen LogP contribution < -0.4 is 0 Å². The number of fused-ring (bicyclic) bond motifs is 1. The van der Waals surface area contributed by atoms with Crippen molar-refractivity contribution in [1.29, 1.82) is 5.26 Å². The molecule has 1 aliphatic heterocycles. The number of H-pyrrole nitrogens is 1. The van der Waals surface area contributed by atoms with E-state index in [0.717, 1.165) is 16.5 Å². The standard InChI is InChI=1S/C16H15N3O2/c17-10-12(16(20)19-5-7-21-8-6-19)9-13-11-18-15-4-2-1-3-14(13)15/h1-4,9,11,18H,5-8H2. The lowest BCUT2D eigenvalue weighted by Gasteiger charge is -2.26. The van der Waals surface area contributed by atoms with Crippen LogP contribution >= 0.6 is 0 Å². The van der Waals surface area contributed by atoms with E-state index < -0.39 is 0 Å². The zero-order valence-corrected chi connectivity index (χ0v) is 11.5. The minimum Gasteiger partial charge on any atom is -0.378 e. The van der Waals surface area contributed by atoms with Gasteiger partial charge in [-0.05, 0) is 12.1 Å². The van der Waals surface area contributed by atoms with E-state index >= 15 is 0 Å². The molecule has 1 amide bonds. The number of rotatable bonds is 2. The molecule has 2 heterocycles. The molecule has 2 aromatic rings. The van der Waals surface area contributed by atoms with Crippen molar-refractivity contribution in [2.45, 2.75) is 0 Å². The molecule has 0 saturated carbocycles. The number of ether oxygens (including phenoxy) is 1. The molecule has 3 rings (SSSR count). The number of nitrogens with one attached hydrogen (secondary N) is 1. The zero-order chi connectivity index (χ0) is 14.7. The van der Waals surface area contributed by atoms with E-state index in [4.69, 9.17) is 4.74 Å². The van der Waals surface area contributed by atoms with Crippen LogP contribution in [0.3, 0.4) is 0 Å². The van der Waals surface area contributed by atoms with Crippen molar-refractivity contribution in [1.82, 2.24) is 9.88 Å². The van der Waals surface area contributed by atoms with Crippen LogP contribution in [0.25, 0.3) is 17.0 Å². The van der Waals surface area contributed by atoms with Crippen LogP contribution in [0.2, 0.25) is 0 Å². The maximum Gasteiger partial charge on any atom is 0.264 e. The number of morpholine rings is 1. The molecule has 0 spiro atoms. The Hall–Kier alpha value is -2.58. The summed E-state index contributed by atoms with van der Waals surface area (Å²) in [6.45, 7) is 2.12. The van der Waals surface area contributed by atoms with Gasteiger partial charge in [0.1, 0.15) is 11.6 Å². The number of amides is 1. The summed E-state index contributed by atoms with van der Waals surface area (Å²) >= 11 is 0. The number of para-hydroxylation sites is 1. The average molecular weight is 281 g/mol. The molecular weight excluding hydrogens is 266 g/mol. The fraction of sp³-hybridized carbons (Fsp3) is 0.250. The summed E-state index contributed by atoms with van der Waals surface area (Å²) in [4.78, 5) is 17.2. The van der Waals surface area contributed by atoms with Crippen LogP contribution in [0, 0.1) is 11.3 Å². The SMILES string of the molecule is N#CC(=Cc1c[nH]c2ccccc12)C(=O)N1CCOCC1. The smallest absolute Gasteiger partial charge is 0.264 e. The number of benzene rings is 1. The molecule has 5 nitrogen and oxygen atoms in total. The minimum atomic E-state index is -0.230. The summed E-state index contributed by atoms with van der Waals surface area (Å²) in [7, 11) is 0. The fourth-order valence-corrected chi connectivity index (χ4v) is 2.45. The van der Waals surface area contributed by atoms with Gasteiger partial charge in [0.2, 0.25) is 0 Å². The Morgan fingerprint density at radius 2 is 2.10 bits per heavy atom. The molecule has 1 fully saturated rings. The highest BCUT2D eigenvalue weighted by Crippen LogP contribution is 2.20. The Morgan fingerprint density at radius 3 is 2.86 bits per heavy atom. The van der Waals surface area contributed by atoms with Gasteiger partial charge in [-0.25, -0.2) is 0 Å². The van der Waals surface area contributed by atoms with E-state index in [0.29, 0.717) is 26.3 Å². The van der Waals surface area contributed by atoms with Gasteiger partial charge in [-0.15, -0.1) is 0 Å². The topological polar surface area (TPSA) is 69.1 Å². The maximum absolute atomic E-state index is 12.4. The first kappa shape index (κ1) is 13.4. The molecule has 106 valence electrons. The summed E-state index contributed by atoms with van der Waals surface area (Å²) in [6.07, 6.45) is 3.46. The fourth-order valence-electron chi connectivity index (χ4n) is 2.45. The highest BCUT2D eigenvalue weighted by molar-refractivity contribution is 6.04. The summed E-state index contributed by atoms with van der Waals surface area (Å²) in [6, 6.07) is 9.82. The van der Waals surface area contributed by atoms with Gasteiger partial charge in [0.15, 0.2) is 0 Å². The number of hydrogen-bond donors (Lipinski definition) is 1. The molecule has 1 aromatic carbocycles. The third kappa shape index (κ3) is 2.67. The first-order valence-corrected chi connectivity index (χ1v) is 6.84. The van der Waals surface area contributed by atoms with E-state index in [1.165, 1.54) is 0 Å². The minimum absolute atomic E-state index is 0.154. The van der Waals surface area contributed by atoms with Gasteiger partial charge >= 0.3 is 0 Å². The van der Waals surface area contributed by atoms with Crippen molar-refractivity contribution in [3.63, 3.8) is 0 Å². The van der Waals surface area contributed by atoms with Crippen LogP contribution in [0.15, 0.2) is 36.0 Å². The molecule has 0 aliphatic carbocycles. The van der Waals surface area contributed by atoms with Crippen molar-refractivity contribution < 1.29 is 9.53 Å². The Balaban J connectivity index is 1.92. The molecular formula is C16H15N3O2. The van der Waals surface area contributed by atoms with Gasteiger partial charge in [0, 0.05) is 35.8 Å².